The quantitative estimate of drug-likeness (QED) is 0.648. The molecule has 1 aliphatic heterocycles. The van der Waals surface area contributed by atoms with Crippen molar-refractivity contribution in [1.29, 1.82) is 0 Å². The van der Waals surface area contributed by atoms with Gasteiger partial charge in [-0.05, 0) is 39.3 Å². The van der Waals surface area contributed by atoms with Gasteiger partial charge in [0.05, 0.1) is 6.61 Å². The van der Waals surface area contributed by atoms with E-state index in [1.165, 1.54) is 38.6 Å². The zero-order valence-electron chi connectivity index (χ0n) is 8.88. The second kappa shape index (κ2) is 3.58. The molecule has 1 saturated carbocycles. The molecule has 0 radical (unpaired) electrons. The number of hydrogen-bond donors (Lipinski definition) is 0. The van der Waals surface area contributed by atoms with Gasteiger partial charge in [-0.3, -0.25) is 0 Å². The van der Waals surface area contributed by atoms with Gasteiger partial charge < -0.3 is 9.64 Å². The van der Waals surface area contributed by atoms with Crippen LogP contribution >= 0.6 is 0 Å². The van der Waals surface area contributed by atoms with Crippen LogP contribution in [0, 0.1) is 5.41 Å². The maximum atomic E-state index is 5.41. The number of piperidine rings is 1. The number of nitrogens with zero attached hydrogens (tertiary/aromatic N) is 1. The van der Waals surface area contributed by atoms with Crippen LogP contribution < -0.4 is 0 Å². The lowest BCUT2D eigenvalue weighted by Gasteiger charge is -2.44. The van der Waals surface area contributed by atoms with Gasteiger partial charge in [-0.1, -0.05) is 6.42 Å². The average molecular weight is 183 g/mol. The highest BCUT2D eigenvalue weighted by atomic mass is 16.5. The summed E-state index contributed by atoms with van der Waals surface area (Å²) in [5, 5.41) is 0. The summed E-state index contributed by atoms with van der Waals surface area (Å²) >= 11 is 0. The van der Waals surface area contributed by atoms with Crippen molar-refractivity contribution in [2.24, 2.45) is 5.41 Å². The Labute approximate surface area is 81.3 Å². The van der Waals surface area contributed by atoms with Crippen LogP contribution in [0.3, 0.4) is 0 Å². The molecule has 1 saturated heterocycles. The largest absolute Gasteiger partial charge is 0.384 e. The zero-order chi connectivity index (χ0) is 9.31. The molecule has 0 aromatic heterocycles. The Kier molecular flexibility index (Phi) is 2.61. The Hall–Kier alpha value is -0.0800. The Morgan fingerprint density at radius 3 is 2.92 bits per heavy atom. The van der Waals surface area contributed by atoms with Crippen molar-refractivity contribution in [3.63, 3.8) is 0 Å². The van der Waals surface area contributed by atoms with Crippen LogP contribution in [0.25, 0.3) is 0 Å². The molecule has 0 aromatic carbocycles. The molecule has 1 aliphatic carbocycles. The number of ether oxygens (including phenoxy) is 1. The van der Waals surface area contributed by atoms with E-state index in [4.69, 9.17) is 4.74 Å². The summed E-state index contributed by atoms with van der Waals surface area (Å²) in [5.41, 5.74) is 0.516. The molecule has 2 atom stereocenters. The Morgan fingerprint density at radius 1 is 1.38 bits per heavy atom. The molecular formula is C11H21NO. The van der Waals surface area contributed by atoms with Crippen molar-refractivity contribution in [3.8, 4) is 0 Å². The van der Waals surface area contributed by atoms with Gasteiger partial charge in [-0.25, -0.2) is 0 Å². The molecule has 2 nitrogen and oxygen atoms in total. The summed E-state index contributed by atoms with van der Waals surface area (Å²) in [6, 6.07) is 0.807. The minimum Gasteiger partial charge on any atom is -0.384 e. The second-order valence-corrected chi connectivity index (χ2v) is 4.79. The number of hydrogen-bond acceptors (Lipinski definition) is 2. The monoisotopic (exact) mass is 183 g/mol. The summed E-state index contributed by atoms with van der Waals surface area (Å²) in [6.07, 6.45) is 6.92. The first-order valence-corrected chi connectivity index (χ1v) is 5.48. The molecule has 0 N–H and O–H groups in total. The predicted molar refractivity (Wildman–Crippen MR) is 53.8 cm³/mol. The van der Waals surface area contributed by atoms with E-state index in [2.05, 4.69) is 11.9 Å². The summed E-state index contributed by atoms with van der Waals surface area (Å²) in [6.45, 7) is 2.26. The van der Waals surface area contributed by atoms with Crippen LogP contribution in [0.5, 0.6) is 0 Å². The van der Waals surface area contributed by atoms with E-state index in [9.17, 15) is 0 Å². The molecule has 0 bridgehead atoms. The highest BCUT2D eigenvalue weighted by Gasteiger charge is 2.46. The molecular weight excluding hydrogens is 162 g/mol. The minimum atomic E-state index is 0.516. The fourth-order valence-corrected chi connectivity index (χ4v) is 3.46. The molecule has 2 aliphatic rings. The van der Waals surface area contributed by atoms with Crippen molar-refractivity contribution in [1.82, 2.24) is 4.90 Å². The molecule has 1 heterocycles. The van der Waals surface area contributed by atoms with Gasteiger partial charge in [-0.2, -0.15) is 0 Å². The number of methoxy groups -OCH3 is 1. The summed E-state index contributed by atoms with van der Waals surface area (Å²) in [7, 11) is 4.12. The molecule has 0 spiro atoms. The van der Waals surface area contributed by atoms with Crippen LogP contribution in [0.2, 0.25) is 0 Å². The first-order valence-electron chi connectivity index (χ1n) is 5.48. The SMILES string of the molecule is COC[C@]12CCCC1N(C)CCC2. The maximum Gasteiger partial charge on any atom is 0.0533 e. The summed E-state index contributed by atoms with van der Waals surface area (Å²) < 4.78 is 5.41. The van der Waals surface area contributed by atoms with E-state index in [0.717, 1.165) is 12.6 Å². The van der Waals surface area contributed by atoms with Crippen molar-refractivity contribution >= 4 is 0 Å². The average Bonchev–Trinajstić information content (AvgIpc) is 2.50. The molecule has 2 heteroatoms. The lowest BCUT2D eigenvalue weighted by molar-refractivity contribution is -0.00988. The van der Waals surface area contributed by atoms with Crippen LogP contribution in [-0.2, 0) is 4.74 Å². The van der Waals surface area contributed by atoms with Crippen LogP contribution in [0.15, 0.2) is 0 Å². The van der Waals surface area contributed by atoms with E-state index >= 15 is 0 Å². The Morgan fingerprint density at radius 2 is 2.15 bits per heavy atom. The fourth-order valence-electron chi connectivity index (χ4n) is 3.46. The number of likely N-dealkylation sites (tertiary alicyclic amines) is 1. The van der Waals surface area contributed by atoms with E-state index in [1.807, 2.05) is 7.11 Å². The predicted octanol–water partition coefficient (Wildman–Crippen LogP) is 1.90. The normalized spacial score (nSPS) is 40.6. The number of rotatable bonds is 2. The maximum absolute atomic E-state index is 5.41. The third kappa shape index (κ3) is 1.50. The van der Waals surface area contributed by atoms with E-state index in [0.29, 0.717) is 5.41 Å². The summed E-state index contributed by atoms with van der Waals surface area (Å²) in [4.78, 5) is 2.55. The van der Waals surface area contributed by atoms with Crippen molar-refractivity contribution in [2.45, 2.75) is 38.1 Å². The van der Waals surface area contributed by atoms with Crippen molar-refractivity contribution in [3.05, 3.63) is 0 Å². The molecule has 76 valence electrons. The smallest absolute Gasteiger partial charge is 0.0533 e. The topological polar surface area (TPSA) is 12.5 Å². The zero-order valence-corrected chi connectivity index (χ0v) is 8.88. The van der Waals surface area contributed by atoms with Gasteiger partial charge in [0.2, 0.25) is 0 Å². The van der Waals surface area contributed by atoms with Gasteiger partial charge in [0, 0.05) is 18.6 Å². The molecule has 0 amide bonds. The lowest BCUT2D eigenvalue weighted by atomic mass is 9.76. The molecule has 0 aromatic rings. The Bertz CT molecular complexity index is 179. The highest BCUT2D eigenvalue weighted by molar-refractivity contribution is 4.99. The van der Waals surface area contributed by atoms with Gasteiger partial charge in [0.25, 0.3) is 0 Å². The Balaban J connectivity index is 2.12. The molecule has 2 fully saturated rings. The first-order chi connectivity index (χ1) is 6.28. The third-order valence-electron chi connectivity index (χ3n) is 4.01. The van der Waals surface area contributed by atoms with E-state index in [1.54, 1.807) is 0 Å². The first kappa shape index (κ1) is 9.47. The van der Waals surface area contributed by atoms with Gasteiger partial charge in [-0.15, -0.1) is 0 Å². The van der Waals surface area contributed by atoms with E-state index < -0.39 is 0 Å². The molecule has 13 heavy (non-hydrogen) atoms. The molecule has 1 unspecified atom stereocenters. The van der Waals surface area contributed by atoms with Crippen molar-refractivity contribution < 1.29 is 4.74 Å². The van der Waals surface area contributed by atoms with Crippen LogP contribution in [-0.4, -0.2) is 38.3 Å². The molecule has 2 rings (SSSR count). The van der Waals surface area contributed by atoms with Gasteiger partial charge >= 0.3 is 0 Å². The second-order valence-electron chi connectivity index (χ2n) is 4.79. The van der Waals surface area contributed by atoms with Gasteiger partial charge in [0.15, 0.2) is 0 Å². The third-order valence-corrected chi connectivity index (χ3v) is 4.01. The van der Waals surface area contributed by atoms with E-state index in [-0.39, 0.29) is 0 Å². The van der Waals surface area contributed by atoms with Crippen LogP contribution in [0.1, 0.15) is 32.1 Å². The fraction of sp³-hybridized carbons (Fsp3) is 1.00. The van der Waals surface area contributed by atoms with Crippen LogP contribution in [0.4, 0.5) is 0 Å². The van der Waals surface area contributed by atoms with Crippen molar-refractivity contribution in [2.75, 3.05) is 27.3 Å². The summed E-state index contributed by atoms with van der Waals surface area (Å²) in [5.74, 6) is 0. The number of fused-ring (bicyclic) bond motifs is 1. The lowest BCUT2D eigenvalue weighted by Crippen LogP contribution is -2.49. The standard InChI is InChI=1S/C11H21NO/c1-12-8-4-7-11(9-13-2)6-3-5-10(11)12/h10H,3-9H2,1-2H3/t10?,11-/m1/s1. The minimum absolute atomic E-state index is 0.516. The highest BCUT2D eigenvalue weighted by Crippen LogP contribution is 2.47. The van der Waals surface area contributed by atoms with Gasteiger partial charge in [0.1, 0.15) is 0 Å².